The maximum Gasteiger partial charge on any atom is 0.246 e. The van der Waals surface area contributed by atoms with Crippen LogP contribution in [0.3, 0.4) is 0 Å². The minimum absolute atomic E-state index is 0.198. The van der Waals surface area contributed by atoms with E-state index in [9.17, 15) is 17.2 Å². The van der Waals surface area contributed by atoms with Crippen molar-refractivity contribution in [2.24, 2.45) is 0 Å². The normalized spacial score (nSPS) is 17.6. The zero-order valence-corrected chi connectivity index (χ0v) is 12.1. The quantitative estimate of drug-likeness (QED) is 0.837. The molecule has 1 aromatic rings. The third-order valence-corrected chi connectivity index (χ3v) is 5.30. The van der Waals surface area contributed by atoms with Gasteiger partial charge in [0.25, 0.3) is 0 Å². The van der Waals surface area contributed by atoms with Gasteiger partial charge in [-0.1, -0.05) is 0 Å². The second-order valence-electron chi connectivity index (χ2n) is 4.73. The molecule has 114 valence electrons. The van der Waals surface area contributed by atoms with Gasteiger partial charge in [-0.3, -0.25) is 4.90 Å². The minimum atomic E-state index is -4.03. The van der Waals surface area contributed by atoms with Gasteiger partial charge in [0.2, 0.25) is 10.0 Å². The molecule has 5 nitrogen and oxygen atoms in total. The van der Waals surface area contributed by atoms with Crippen LogP contribution in [0.2, 0.25) is 0 Å². The number of rotatable bonds is 4. The number of halogens is 2. The summed E-state index contributed by atoms with van der Waals surface area (Å²) >= 11 is 0. The third kappa shape index (κ3) is 3.56. The monoisotopic (exact) mass is 315 g/mol. The summed E-state index contributed by atoms with van der Waals surface area (Å²) in [6.07, 6.45) is 0.380. The van der Waals surface area contributed by atoms with Crippen LogP contribution in [0.1, 0.15) is 6.42 Å². The summed E-state index contributed by atoms with van der Waals surface area (Å²) in [6.45, 7) is 1.92. The molecule has 1 saturated heterocycles. The molecule has 0 bridgehead atoms. The van der Waals surface area contributed by atoms with E-state index in [-0.39, 0.29) is 13.1 Å². The van der Waals surface area contributed by atoms with Crippen molar-refractivity contribution in [3.05, 3.63) is 29.8 Å². The third-order valence-electron chi connectivity index (χ3n) is 3.38. The maximum absolute atomic E-state index is 13.6. The van der Waals surface area contributed by atoms with E-state index in [1.165, 1.54) is 0 Å². The molecule has 0 N–H and O–H groups in total. The highest BCUT2D eigenvalue weighted by Gasteiger charge is 2.30. The summed E-state index contributed by atoms with van der Waals surface area (Å²) in [6, 6.07) is 4.43. The highest BCUT2D eigenvalue weighted by molar-refractivity contribution is 7.89. The first-order valence-electron chi connectivity index (χ1n) is 6.49. The number of nitrogens with zero attached hydrogens (tertiary/aromatic N) is 3. The van der Waals surface area contributed by atoms with Gasteiger partial charge >= 0.3 is 0 Å². The number of piperazine rings is 1. The van der Waals surface area contributed by atoms with E-state index < -0.39 is 26.6 Å². The van der Waals surface area contributed by atoms with E-state index in [0.717, 1.165) is 16.4 Å². The molecule has 2 rings (SSSR count). The first-order chi connectivity index (χ1) is 9.95. The first kappa shape index (κ1) is 15.8. The van der Waals surface area contributed by atoms with E-state index in [4.69, 9.17) is 5.26 Å². The summed E-state index contributed by atoms with van der Waals surface area (Å²) < 4.78 is 52.6. The number of sulfonamides is 1. The maximum atomic E-state index is 13.6. The van der Waals surface area contributed by atoms with E-state index in [0.29, 0.717) is 32.1 Å². The van der Waals surface area contributed by atoms with Crippen molar-refractivity contribution in [3.63, 3.8) is 0 Å². The number of nitriles is 1. The summed E-state index contributed by atoms with van der Waals surface area (Å²) in [5, 5.41) is 8.52. The molecule has 0 aliphatic carbocycles. The highest BCUT2D eigenvalue weighted by atomic mass is 32.2. The first-order valence-corrected chi connectivity index (χ1v) is 7.93. The molecule has 0 amide bonds. The van der Waals surface area contributed by atoms with Gasteiger partial charge in [0, 0.05) is 39.1 Å². The van der Waals surface area contributed by atoms with Gasteiger partial charge in [-0.25, -0.2) is 17.2 Å². The van der Waals surface area contributed by atoms with Gasteiger partial charge < -0.3 is 0 Å². The van der Waals surface area contributed by atoms with Crippen molar-refractivity contribution < 1.29 is 17.2 Å². The van der Waals surface area contributed by atoms with Gasteiger partial charge in [0.05, 0.1) is 6.07 Å². The summed E-state index contributed by atoms with van der Waals surface area (Å²) in [4.78, 5) is 1.34. The van der Waals surface area contributed by atoms with Crippen LogP contribution in [0.4, 0.5) is 8.78 Å². The summed E-state index contributed by atoms with van der Waals surface area (Å²) in [7, 11) is -4.03. The molecule has 0 atom stereocenters. The zero-order chi connectivity index (χ0) is 15.5. The van der Waals surface area contributed by atoms with Crippen molar-refractivity contribution in [2.75, 3.05) is 32.7 Å². The van der Waals surface area contributed by atoms with Crippen LogP contribution in [0.15, 0.2) is 23.1 Å². The Hall–Kier alpha value is -1.56. The van der Waals surface area contributed by atoms with E-state index in [1.807, 2.05) is 11.0 Å². The van der Waals surface area contributed by atoms with E-state index >= 15 is 0 Å². The highest BCUT2D eigenvalue weighted by Crippen LogP contribution is 2.21. The molecule has 1 aliphatic heterocycles. The Morgan fingerprint density at radius 3 is 2.48 bits per heavy atom. The number of hydrogen-bond donors (Lipinski definition) is 0. The summed E-state index contributed by atoms with van der Waals surface area (Å²) in [5.74, 6) is -1.74. The van der Waals surface area contributed by atoms with Crippen LogP contribution in [0, 0.1) is 23.0 Å². The van der Waals surface area contributed by atoms with Crippen molar-refractivity contribution in [2.45, 2.75) is 11.3 Å². The fourth-order valence-electron chi connectivity index (χ4n) is 2.22. The largest absolute Gasteiger partial charge is 0.300 e. The minimum Gasteiger partial charge on any atom is -0.300 e. The van der Waals surface area contributed by atoms with Gasteiger partial charge in [-0.05, 0) is 18.2 Å². The predicted octanol–water partition coefficient (Wildman–Crippen LogP) is 1.18. The van der Waals surface area contributed by atoms with E-state index in [1.54, 1.807) is 0 Å². The molecule has 0 aromatic heterocycles. The van der Waals surface area contributed by atoms with Crippen LogP contribution < -0.4 is 0 Å². The fraction of sp³-hybridized carbons (Fsp3) is 0.462. The molecule has 0 spiro atoms. The zero-order valence-electron chi connectivity index (χ0n) is 11.3. The van der Waals surface area contributed by atoms with Crippen molar-refractivity contribution in [1.29, 1.82) is 5.26 Å². The van der Waals surface area contributed by atoms with Gasteiger partial charge in [0.1, 0.15) is 16.5 Å². The Kier molecular flexibility index (Phi) is 4.88. The Morgan fingerprint density at radius 2 is 1.86 bits per heavy atom. The lowest BCUT2D eigenvalue weighted by molar-refractivity contribution is 0.191. The smallest absolute Gasteiger partial charge is 0.246 e. The SMILES string of the molecule is N#CCCN1CCN(S(=O)(=O)c2cc(F)ccc2F)CC1. The topological polar surface area (TPSA) is 64.4 Å². The predicted molar refractivity (Wildman–Crippen MR) is 71.8 cm³/mol. The van der Waals surface area contributed by atoms with Crippen LogP contribution in [-0.4, -0.2) is 50.3 Å². The van der Waals surface area contributed by atoms with Gasteiger partial charge in [-0.15, -0.1) is 0 Å². The van der Waals surface area contributed by atoms with Crippen LogP contribution >= 0.6 is 0 Å². The van der Waals surface area contributed by atoms with Crippen LogP contribution in [0.5, 0.6) is 0 Å². The van der Waals surface area contributed by atoms with Crippen LogP contribution in [-0.2, 0) is 10.0 Å². The van der Waals surface area contributed by atoms with Crippen molar-refractivity contribution >= 4 is 10.0 Å². The molecule has 0 unspecified atom stereocenters. The molecule has 1 heterocycles. The Morgan fingerprint density at radius 1 is 1.19 bits per heavy atom. The Bertz CT molecular complexity index is 650. The Labute approximate surface area is 122 Å². The lowest BCUT2D eigenvalue weighted by Crippen LogP contribution is -2.48. The second-order valence-corrected chi connectivity index (χ2v) is 6.63. The molecule has 1 aliphatic rings. The molecule has 21 heavy (non-hydrogen) atoms. The molecular formula is C13H15F2N3O2S. The lowest BCUT2D eigenvalue weighted by Gasteiger charge is -2.33. The molecule has 0 saturated carbocycles. The fourth-order valence-corrected chi connectivity index (χ4v) is 3.71. The van der Waals surface area contributed by atoms with Gasteiger partial charge in [-0.2, -0.15) is 9.57 Å². The van der Waals surface area contributed by atoms with Crippen LogP contribution in [0.25, 0.3) is 0 Å². The molecule has 8 heteroatoms. The Balaban J connectivity index is 2.12. The number of hydrogen-bond acceptors (Lipinski definition) is 4. The second kappa shape index (κ2) is 6.47. The molecule has 1 aromatic carbocycles. The summed E-state index contributed by atoms with van der Waals surface area (Å²) in [5.41, 5.74) is 0. The molecule has 1 fully saturated rings. The molecule has 0 radical (unpaired) electrons. The molecular weight excluding hydrogens is 300 g/mol. The van der Waals surface area contributed by atoms with Gasteiger partial charge in [0.15, 0.2) is 0 Å². The number of benzene rings is 1. The standard InChI is InChI=1S/C13H15F2N3O2S/c14-11-2-3-12(15)13(10-11)21(19,20)18-8-6-17(7-9-18)5-1-4-16/h2-3,10H,1,5-9H2. The average molecular weight is 315 g/mol. The van der Waals surface area contributed by atoms with E-state index in [2.05, 4.69) is 0 Å². The average Bonchev–Trinajstić information content (AvgIpc) is 2.48. The van der Waals surface area contributed by atoms with Crippen molar-refractivity contribution in [3.8, 4) is 6.07 Å². The van der Waals surface area contributed by atoms with Crippen molar-refractivity contribution in [1.82, 2.24) is 9.21 Å². The lowest BCUT2D eigenvalue weighted by atomic mass is 10.3.